The second-order valence-electron chi connectivity index (χ2n) is 3.68. The van der Waals surface area contributed by atoms with Crippen molar-refractivity contribution in [2.45, 2.75) is 0 Å². The molecule has 0 saturated heterocycles. The molecule has 0 unspecified atom stereocenters. The standard InChI is InChI=1S/C10H4F4N4O3/c11-3-1-4(12)7(14)9(6(3)13)16-10(19)8-5(18(20)21)2-15-17-8/h1-2H,(H,15,17)(H,16,19). The SMILES string of the molecule is O=C(Nc1c(F)c(F)cc(F)c1F)c1[nH]ncc1[N+](=O)[O-]. The van der Waals surface area contributed by atoms with Crippen LogP contribution in [-0.4, -0.2) is 21.0 Å². The second kappa shape index (κ2) is 5.19. The van der Waals surface area contributed by atoms with Crippen molar-refractivity contribution in [2.75, 3.05) is 5.32 Å². The molecule has 2 rings (SSSR count). The molecule has 0 aliphatic carbocycles. The fourth-order valence-electron chi connectivity index (χ4n) is 1.44. The molecule has 1 amide bonds. The molecule has 0 bridgehead atoms. The molecular weight excluding hydrogens is 300 g/mol. The summed E-state index contributed by atoms with van der Waals surface area (Å²) in [6.07, 6.45) is 0.688. The molecule has 2 aromatic rings. The van der Waals surface area contributed by atoms with Crippen LogP contribution in [0.3, 0.4) is 0 Å². The number of aromatic amines is 1. The molecule has 0 aliphatic heterocycles. The number of halogens is 4. The van der Waals surface area contributed by atoms with E-state index in [-0.39, 0.29) is 6.07 Å². The number of carbonyl (C=O) groups is 1. The van der Waals surface area contributed by atoms with Crippen LogP contribution in [0.15, 0.2) is 12.3 Å². The number of nitro groups is 1. The van der Waals surface area contributed by atoms with Gasteiger partial charge in [-0.2, -0.15) is 5.10 Å². The van der Waals surface area contributed by atoms with Crippen molar-refractivity contribution in [3.8, 4) is 0 Å². The summed E-state index contributed by atoms with van der Waals surface area (Å²) >= 11 is 0. The van der Waals surface area contributed by atoms with Crippen LogP contribution in [0.25, 0.3) is 0 Å². The third-order valence-corrected chi connectivity index (χ3v) is 2.39. The number of hydrogen-bond donors (Lipinski definition) is 2. The van der Waals surface area contributed by atoms with Gasteiger partial charge in [0.1, 0.15) is 11.9 Å². The first-order valence-corrected chi connectivity index (χ1v) is 5.15. The van der Waals surface area contributed by atoms with Gasteiger partial charge in [-0.3, -0.25) is 20.0 Å². The summed E-state index contributed by atoms with van der Waals surface area (Å²) in [5.74, 6) is -8.54. The van der Waals surface area contributed by atoms with Gasteiger partial charge in [0.05, 0.1) is 4.92 Å². The Morgan fingerprint density at radius 2 is 1.81 bits per heavy atom. The van der Waals surface area contributed by atoms with Crippen molar-refractivity contribution in [3.63, 3.8) is 0 Å². The van der Waals surface area contributed by atoms with Crippen LogP contribution in [0.2, 0.25) is 0 Å². The van der Waals surface area contributed by atoms with Gasteiger partial charge in [-0.1, -0.05) is 0 Å². The predicted octanol–water partition coefficient (Wildman–Crippen LogP) is 2.13. The van der Waals surface area contributed by atoms with Gasteiger partial charge in [-0.25, -0.2) is 17.6 Å². The van der Waals surface area contributed by atoms with E-state index in [4.69, 9.17) is 0 Å². The molecule has 1 aromatic heterocycles. The monoisotopic (exact) mass is 304 g/mol. The average Bonchev–Trinajstić information content (AvgIpc) is 2.91. The van der Waals surface area contributed by atoms with E-state index in [1.165, 1.54) is 5.32 Å². The molecule has 110 valence electrons. The number of nitrogens with one attached hydrogen (secondary N) is 2. The van der Waals surface area contributed by atoms with Crippen LogP contribution in [0.4, 0.5) is 28.9 Å². The molecule has 0 saturated carbocycles. The molecule has 11 heteroatoms. The summed E-state index contributed by atoms with van der Waals surface area (Å²) in [7, 11) is 0. The Bertz CT molecular complexity index is 720. The van der Waals surface area contributed by atoms with E-state index in [1.54, 1.807) is 0 Å². The average molecular weight is 304 g/mol. The second-order valence-corrected chi connectivity index (χ2v) is 3.68. The topological polar surface area (TPSA) is 101 Å². The zero-order chi connectivity index (χ0) is 15.7. The lowest BCUT2D eigenvalue weighted by molar-refractivity contribution is -0.385. The predicted molar refractivity (Wildman–Crippen MR) is 59.5 cm³/mol. The molecule has 0 radical (unpaired) electrons. The molecule has 0 spiro atoms. The van der Waals surface area contributed by atoms with Gasteiger partial charge >= 0.3 is 5.69 Å². The van der Waals surface area contributed by atoms with Gasteiger partial charge in [0.2, 0.25) is 5.69 Å². The van der Waals surface area contributed by atoms with Gasteiger partial charge < -0.3 is 5.32 Å². The summed E-state index contributed by atoms with van der Waals surface area (Å²) in [6, 6.07) is -0.0427. The summed E-state index contributed by atoms with van der Waals surface area (Å²) < 4.78 is 52.6. The molecule has 1 aromatic carbocycles. The number of H-pyrrole nitrogens is 1. The van der Waals surface area contributed by atoms with Crippen LogP contribution in [0.1, 0.15) is 10.5 Å². The van der Waals surface area contributed by atoms with Crippen LogP contribution in [0.5, 0.6) is 0 Å². The smallest absolute Gasteiger partial charge is 0.315 e. The highest BCUT2D eigenvalue weighted by molar-refractivity contribution is 6.05. The third-order valence-electron chi connectivity index (χ3n) is 2.39. The summed E-state index contributed by atoms with van der Waals surface area (Å²) in [4.78, 5) is 21.3. The maximum absolute atomic E-state index is 13.3. The van der Waals surface area contributed by atoms with Crippen LogP contribution < -0.4 is 5.32 Å². The number of carbonyl (C=O) groups excluding carboxylic acids is 1. The van der Waals surface area contributed by atoms with Crippen molar-refractivity contribution < 1.29 is 27.3 Å². The Hall–Kier alpha value is -2.98. The van der Waals surface area contributed by atoms with E-state index in [0.717, 1.165) is 0 Å². The number of amides is 1. The minimum absolute atomic E-state index is 0.0427. The molecule has 2 N–H and O–H groups in total. The van der Waals surface area contributed by atoms with E-state index in [2.05, 4.69) is 5.10 Å². The molecule has 0 aliphatic rings. The number of aromatic nitrogens is 2. The van der Waals surface area contributed by atoms with Gasteiger partial charge in [0, 0.05) is 6.07 Å². The Kier molecular flexibility index (Phi) is 3.56. The van der Waals surface area contributed by atoms with Gasteiger partial charge in [-0.05, 0) is 0 Å². The fourth-order valence-corrected chi connectivity index (χ4v) is 1.44. The van der Waals surface area contributed by atoms with Crippen molar-refractivity contribution in [1.29, 1.82) is 0 Å². The summed E-state index contributed by atoms with van der Waals surface area (Å²) in [5.41, 5.74) is -2.91. The maximum atomic E-state index is 13.3. The molecule has 21 heavy (non-hydrogen) atoms. The summed E-state index contributed by atoms with van der Waals surface area (Å²) in [6.45, 7) is 0. The molecule has 0 fully saturated rings. The normalized spacial score (nSPS) is 10.5. The van der Waals surface area contributed by atoms with Crippen molar-refractivity contribution in [1.82, 2.24) is 10.2 Å². The van der Waals surface area contributed by atoms with E-state index >= 15 is 0 Å². The first kappa shape index (κ1) is 14.4. The van der Waals surface area contributed by atoms with Crippen molar-refractivity contribution >= 4 is 17.3 Å². The highest BCUT2D eigenvalue weighted by Gasteiger charge is 2.26. The lowest BCUT2D eigenvalue weighted by Crippen LogP contribution is -2.17. The zero-order valence-electron chi connectivity index (χ0n) is 9.79. The minimum Gasteiger partial charge on any atom is -0.315 e. The largest absolute Gasteiger partial charge is 0.319 e. The number of hydrogen-bond acceptors (Lipinski definition) is 4. The highest BCUT2D eigenvalue weighted by Crippen LogP contribution is 2.25. The third kappa shape index (κ3) is 2.52. The summed E-state index contributed by atoms with van der Waals surface area (Å²) in [5, 5.41) is 17.3. The van der Waals surface area contributed by atoms with Gasteiger partial charge in [0.15, 0.2) is 23.3 Å². The molecular formula is C10H4F4N4O3. The first-order valence-electron chi connectivity index (χ1n) is 5.15. The minimum atomic E-state index is -1.84. The maximum Gasteiger partial charge on any atom is 0.319 e. The Morgan fingerprint density at radius 3 is 2.33 bits per heavy atom. The Balaban J connectivity index is 2.41. The zero-order valence-corrected chi connectivity index (χ0v) is 9.79. The van der Waals surface area contributed by atoms with Crippen LogP contribution in [0, 0.1) is 33.4 Å². The lowest BCUT2D eigenvalue weighted by atomic mass is 10.2. The van der Waals surface area contributed by atoms with E-state index in [0.29, 0.717) is 6.20 Å². The lowest BCUT2D eigenvalue weighted by Gasteiger charge is -2.07. The highest BCUT2D eigenvalue weighted by atomic mass is 19.2. The number of nitrogens with zero attached hydrogens (tertiary/aromatic N) is 2. The van der Waals surface area contributed by atoms with Crippen LogP contribution in [-0.2, 0) is 0 Å². The molecule has 7 nitrogen and oxygen atoms in total. The quantitative estimate of drug-likeness (QED) is 0.392. The number of anilines is 1. The van der Waals surface area contributed by atoms with Crippen LogP contribution >= 0.6 is 0 Å². The number of rotatable bonds is 3. The molecule has 0 atom stereocenters. The van der Waals surface area contributed by atoms with Crippen molar-refractivity contribution in [2.24, 2.45) is 0 Å². The number of benzene rings is 1. The first-order chi connectivity index (χ1) is 9.82. The van der Waals surface area contributed by atoms with E-state index < -0.39 is 51.2 Å². The van der Waals surface area contributed by atoms with Gasteiger partial charge in [0.25, 0.3) is 5.91 Å². The molecule has 1 heterocycles. The Labute approximate surface area is 112 Å². The fraction of sp³-hybridized carbons (Fsp3) is 0. The van der Waals surface area contributed by atoms with Crippen molar-refractivity contribution in [3.05, 3.63) is 51.3 Å². The Morgan fingerprint density at radius 1 is 1.24 bits per heavy atom. The van der Waals surface area contributed by atoms with E-state index in [1.807, 2.05) is 5.10 Å². The van der Waals surface area contributed by atoms with Gasteiger partial charge in [-0.15, -0.1) is 0 Å². The van der Waals surface area contributed by atoms with E-state index in [9.17, 15) is 32.5 Å².